The van der Waals surface area contributed by atoms with Gasteiger partial charge < -0.3 is 14.9 Å². The van der Waals surface area contributed by atoms with Gasteiger partial charge in [-0.05, 0) is 46.5 Å². The van der Waals surface area contributed by atoms with Crippen LogP contribution in [-0.4, -0.2) is 51.6 Å². The van der Waals surface area contributed by atoms with Gasteiger partial charge in [-0.15, -0.1) is 6.58 Å². The quantitative estimate of drug-likeness (QED) is 0.793. The molecule has 5 nitrogen and oxygen atoms in total. The van der Waals surface area contributed by atoms with Crippen molar-refractivity contribution in [3.05, 3.63) is 12.7 Å². The third-order valence-corrected chi connectivity index (χ3v) is 3.92. The highest BCUT2D eigenvalue weighted by molar-refractivity contribution is 5.76. The van der Waals surface area contributed by atoms with Gasteiger partial charge in [-0.25, -0.2) is 4.79 Å². The van der Waals surface area contributed by atoms with E-state index < -0.39 is 5.97 Å². The summed E-state index contributed by atoms with van der Waals surface area (Å²) in [5, 5.41) is 8.86. The highest BCUT2D eigenvalue weighted by Crippen LogP contribution is 2.25. The molecule has 120 valence electrons. The summed E-state index contributed by atoms with van der Waals surface area (Å²) in [6.07, 6.45) is 5.33. The van der Waals surface area contributed by atoms with Crippen LogP contribution in [0.1, 0.15) is 52.9 Å². The number of amides is 2. The minimum atomic E-state index is -0.799. The summed E-state index contributed by atoms with van der Waals surface area (Å²) in [5.41, 5.74) is -0.278. The fraction of sp³-hybridized carbons (Fsp3) is 0.750. The molecule has 0 bridgehead atoms. The SMILES string of the molecule is C=CCN(C(=O)N1CCCCC1CCC(=O)O)C(C)(C)C. The van der Waals surface area contributed by atoms with Crippen LogP contribution in [0, 0.1) is 0 Å². The summed E-state index contributed by atoms with van der Waals surface area (Å²) in [6.45, 7) is 11.0. The zero-order chi connectivity index (χ0) is 16.0. The van der Waals surface area contributed by atoms with Crippen LogP contribution in [0.2, 0.25) is 0 Å². The molecule has 21 heavy (non-hydrogen) atoms. The van der Waals surface area contributed by atoms with Crippen molar-refractivity contribution in [1.29, 1.82) is 0 Å². The molecule has 1 N–H and O–H groups in total. The maximum Gasteiger partial charge on any atom is 0.320 e. The highest BCUT2D eigenvalue weighted by atomic mass is 16.4. The number of urea groups is 1. The Bertz CT molecular complexity index is 387. The Morgan fingerprint density at radius 2 is 2.05 bits per heavy atom. The average Bonchev–Trinajstić information content (AvgIpc) is 2.41. The van der Waals surface area contributed by atoms with Crippen LogP contribution in [0.5, 0.6) is 0 Å². The van der Waals surface area contributed by atoms with Crippen LogP contribution in [-0.2, 0) is 4.79 Å². The van der Waals surface area contributed by atoms with Gasteiger partial charge in [0.2, 0.25) is 0 Å². The lowest BCUT2D eigenvalue weighted by Crippen LogP contribution is -2.55. The van der Waals surface area contributed by atoms with Gasteiger partial charge in [-0.3, -0.25) is 4.79 Å². The minimum Gasteiger partial charge on any atom is -0.481 e. The normalized spacial score (nSPS) is 19.2. The van der Waals surface area contributed by atoms with Gasteiger partial charge in [0.05, 0.1) is 0 Å². The Labute approximate surface area is 127 Å². The lowest BCUT2D eigenvalue weighted by atomic mass is 9.97. The molecule has 1 aliphatic rings. The van der Waals surface area contributed by atoms with Gasteiger partial charge in [0, 0.05) is 31.1 Å². The molecule has 2 amide bonds. The van der Waals surface area contributed by atoms with Gasteiger partial charge in [-0.1, -0.05) is 6.08 Å². The molecule has 0 aromatic heterocycles. The second kappa shape index (κ2) is 7.48. The molecule has 5 heteroatoms. The smallest absolute Gasteiger partial charge is 0.320 e. The van der Waals surface area contributed by atoms with Crippen molar-refractivity contribution in [2.45, 2.75) is 64.5 Å². The first kappa shape index (κ1) is 17.5. The molecule has 0 radical (unpaired) electrons. The zero-order valence-corrected chi connectivity index (χ0v) is 13.5. The van der Waals surface area contributed by atoms with Crippen molar-refractivity contribution < 1.29 is 14.7 Å². The first-order valence-electron chi connectivity index (χ1n) is 7.68. The molecule has 1 saturated heterocycles. The second-order valence-electron chi connectivity index (χ2n) is 6.63. The van der Waals surface area contributed by atoms with Gasteiger partial charge in [0.1, 0.15) is 0 Å². The van der Waals surface area contributed by atoms with Crippen LogP contribution < -0.4 is 0 Å². The summed E-state index contributed by atoms with van der Waals surface area (Å²) >= 11 is 0. The number of aliphatic carboxylic acids is 1. The van der Waals surface area contributed by atoms with Crippen molar-refractivity contribution in [3.63, 3.8) is 0 Å². The second-order valence-corrected chi connectivity index (χ2v) is 6.63. The number of carboxylic acid groups (broad SMARTS) is 1. The monoisotopic (exact) mass is 296 g/mol. The third-order valence-electron chi connectivity index (χ3n) is 3.92. The number of carboxylic acids is 1. The first-order valence-corrected chi connectivity index (χ1v) is 7.68. The minimum absolute atomic E-state index is 0.00233. The Morgan fingerprint density at radius 1 is 1.38 bits per heavy atom. The van der Waals surface area contributed by atoms with E-state index in [0.717, 1.165) is 19.3 Å². The van der Waals surface area contributed by atoms with E-state index >= 15 is 0 Å². The van der Waals surface area contributed by atoms with Crippen molar-refractivity contribution in [2.24, 2.45) is 0 Å². The first-order chi connectivity index (χ1) is 9.77. The molecule has 0 aromatic rings. The van der Waals surface area contributed by atoms with E-state index in [1.807, 2.05) is 25.7 Å². The molecule has 1 atom stereocenters. The summed E-state index contributed by atoms with van der Waals surface area (Å²) in [7, 11) is 0. The number of hydrogen-bond acceptors (Lipinski definition) is 2. The molecule has 0 aromatic carbocycles. The van der Waals surface area contributed by atoms with Crippen molar-refractivity contribution in [2.75, 3.05) is 13.1 Å². The van der Waals surface area contributed by atoms with Crippen LogP contribution in [0.15, 0.2) is 12.7 Å². The summed E-state index contributed by atoms with van der Waals surface area (Å²) in [5.74, 6) is -0.799. The van der Waals surface area contributed by atoms with Gasteiger partial charge in [0.25, 0.3) is 0 Å². The van der Waals surface area contributed by atoms with Crippen LogP contribution in [0.3, 0.4) is 0 Å². The van der Waals surface area contributed by atoms with Crippen molar-refractivity contribution >= 4 is 12.0 Å². The summed E-state index contributed by atoms with van der Waals surface area (Å²) in [6, 6.07) is 0.0366. The van der Waals surface area contributed by atoms with E-state index in [1.54, 1.807) is 11.0 Å². The molecule has 1 aliphatic heterocycles. The van der Waals surface area contributed by atoms with Crippen LogP contribution in [0.25, 0.3) is 0 Å². The largest absolute Gasteiger partial charge is 0.481 e. The van der Waals surface area contributed by atoms with Gasteiger partial charge >= 0.3 is 12.0 Å². The zero-order valence-electron chi connectivity index (χ0n) is 13.5. The Morgan fingerprint density at radius 3 is 2.57 bits per heavy atom. The molecule has 0 aliphatic carbocycles. The van der Waals surface area contributed by atoms with Gasteiger partial charge in [0.15, 0.2) is 0 Å². The number of piperidine rings is 1. The maximum atomic E-state index is 12.8. The van der Waals surface area contributed by atoms with E-state index in [4.69, 9.17) is 5.11 Å². The fourth-order valence-corrected chi connectivity index (χ4v) is 2.77. The van der Waals surface area contributed by atoms with E-state index in [1.165, 1.54) is 0 Å². The fourth-order valence-electron chi connectivity index (χ4n) is 2.77. The van der Waals surface area contributed by atoms with Crippen LogP contribution in [0.4, 0.5) is 4.79 Å². The van der Waals surface area contributed by atoms with Crippen molar-refractivity contribution in [1.82, 2.24) is 9.80 Å². The summed E-state index contributed by atoms with van der Waals surface area (Å²) < 4.78 is 0. The average molecular weight is 296 g/mol. The Kier molecular flexibility index (Phi) is 6.24. The Hall–Kier alpha value is -1.52. The van der Waals surface area contributed by atoms with E-state index in [9.17, 15) is 9.59 Å². The number of carbonyl (C=O) groups is 2. The molecule has 1 fully saturated rings. The maximum absolute atomic E-state index is 12.8. The molecule has 1 heterocycles. The lowest BCUT2D eigenvalue weighted by Gasteiger charge is -2.43. The standard InChI is InChI=1S/C16H28N2O3/c1-5-11-18(16(2,3)4)15(21)17-12-7-6-8-13(17)9-10-14(19)20/h5,13H,1,6-12H2,2-4H3,(H,19,20). The number of nitrogens with zero attached hydrogens (tertiary/aromatic N) is 2. The number of carbonyl (C=O) groups excluding carboxylic acids is 1. The molecule has 0 saturated carbocycles. The lowest BCUT2D eigenvalue weighted by molar-refractivity contribution is -0.137. The van der Waals surface area contributed by atoms with Gasteiger partial charge in [-0.2, -0.15) is 0 Å². The van der Waals surface area contributed by atoms with E-state index in [2.05, 4.69) is 6.58 Å². The molecule has 0 spiro atoms. The topological polar surface area (TPSA) is 60.9 Å². The Balaban J connectivity index is 2.83. The molecular formula is C16H28N2O3. The summed E-state index contributed by atoms with van der Waals surface area (Å²) in [4.78, 5) is 27.3. The van der Waals surface area contributed by atoms with E-state index in [-0.39, 0.29) is 24.0 Å². The van der Waals surface area contributed by atoms with E-state index in [0.29, 0.717) is 19.5 Å². The predicted octanol–water partition coefficient (Wildman–Crippen LogP) is 3.11. The number of hydrogen-bond donors (Lipinski definition) is 1. The highest BCUT2D eigenvalue weighted by Gasteiger charge is 2.34. The number of rotatable bonds is 5. The molecule has 1 unspecified atom stereocenters. The van der Waals surface area contributed by atoms with Crippen LogP contribution >= 0.6 is 0 Å². The molecule has 1 rings (SSSR count). The van der Waals surface area contributed by atoms with Crippen molar-refractivity contribution in [3.8, 4) is 0 Å². The molecular weight excluding hydrogens is 268 g/mol. The predicted molar refractivity (Wildman–Crippen MR) is 83.3 cm³/mol. The third kappa shape index (κ3) is 5.06. The number of likely N-dealkylation sites (tertiary alicyclic amines) is 1.